The van der Waals surface area contributed by atoms with Gasteiger partial charge in [-0.25, -0.2) is 0 Å². The van der Waals surface area contributed by atoms with Gasteiger partial charge in [0.1, 0.15) is 0 Å². The molecule has 6 heteroatoms. The highest BCUT2D eigenvalue weighted by Crippen LogP contribution is 2.19. The SMILES string of the molecule is O=C(c1ccco1)N1CCC(NC2CCN(Cc3ccc(Cl)cc3)CC2)CC1. The van der Waals surface area contributed by atoms with Crippen molar-refractivity contribution in [3.63, 3.8) is 0 Å². The minimum absolute atomic E-state index is 0.0129. The first-order chi connectivity index (χ1) is 13.7. The highest BCUT2D eigenvalue weighted by molar-refractivity contribution is 6.30. The molecule has 0 aliphatic carbocycles. The number of nitrogens with one attached hydrogen (secondary N) is 1. The molecule has 0 unspecified atom stereocenters. The van der Waals surface area contributed by atoms with Crippen LogP contribution in [0, 0.1) is 0 Å². The van der Waals surface area contributed by atoms with Crippen molar-refractivity contribution in [1.82, 2.24) is 15.1 Å². The van der Waals surface area contributed by atoms with Gasteiger partial charge in [-0.3, -0.25) is 9.69 Å². The summed E-state index contributed by atoms with van der Waals surface area (Å²) in [7, 11) is 0. The number of piperidine rings is 2. The lowest BCUT2D eigenvalue weighted by Crippen LogP contribution is -2.50. The van der Waals surface area contributed by atoms with Crippen LogP contribution in [0.3, 0.4) is 0 Å². The first kappa shape index (κ1) is 19.5. The van der Waals surface area contributed by atoms with Gasteiger partial charge >= 0.3 is 0 Å². The van der Waals surface area contributed by atoms with Crippen LogP contribution in [0.5, 0.6) is 0 Å². The summed E-state index contributed by atoms with van der Waals surface area (Å²) in [6, 6.07) is 12.8. The standard InChI is InChI=1S/C22H28ClN3O2/c23-18-5-3-17(4-6-18)16-25-11-7-19(8-12-25)24-20-9-13-26(14-10-20)22(27)21-2-1-15-28-21/h1-6,15,19-20,24H,7-14,16H2. The zero-order valence-electron chi connectivity index (χ0n) is 16.1. The molecule has 28 heavy (non-hydrogen) atoms. The molecule has 2 aliphatic rings. The van der Waals surface area contributed by atoms with Crippen molar-refractivity contribution in [2.45, 2.75) is 44.3 Å². The summed E-state index contributed by atoms with van der Waals surface area (Å²) < 4.78 is 5.24. The molecule has 2 saturated heterocycles. The summed E-state index contributed by atoms with van der Waals surface area (Å²) in [4.78, 5) is 16.8. The van der Waals surface area contributed by atoms with E-state index in [0.29, 0.717) is 17.8 Å². The molecule has 0 atom stereocenters. The number of hydrogen-bond donors (Lipinski definition) is 1. The van der Waals surface area contributed by atoms with E-state index in [0.717, 1.165) is 50.6 Å². The molecule has 1 aromatic heterocycles. The first-order valence-corrected chi connectivity index (χ1v) is 10.6. The Labute approximate surface area is 171 Å². The second kappa shape index (κ2) is 9.12. The number of likely N-dealkylation sites (tertiary alicyclic amines) is 2. The van der Waals surface area contributed by atoms with Gasteiger partial charge in [-0.05, 0) is 68.6 Å². The van der Waals surface area contributed by atoms with Crippen LogP contribution >= 0.6 is 11.6 Å². The van der Waals surface area contributed by atoms with Gasteiger partial charge in [-0.15, -0.1) is 0 Å². The Kier molecular flexibility index (Phi) is 6.35. The Morgan fingerprint density at radius 2 is 1.64 bits per heavy atom. The topological polar surface area (TPSA) is 48.7 Å². The Bertz CT molecular complexity index is 747. The third-order valence-corrected chi connectivity index (χ3v) is 6.14. The lowest BCUT2D eigenvalue weighted by atomic mass is 9.99. The summed E-state index contributed by atoms with van der Waals surface area (Å²) in [5, 5.41) is 4.63. The molecule has 1 N–H and O–H groups in total. The zero-order chi connectivity index (χ0) is 19.3. The first-order valence-electron chi connectivity index (χ1n) is 10.2. The number of benzene rings is 1. The van der Waals surface area contributed by atoms with Crippen molar-refractivity contribution in [1.29, 1.82) is 0 Å². The molecular formula is C22H28ClN3O2. The molecule has 0 radical (unpaired) electrons. The highest BCUT2D eigenvalue weighted by Gasteiger charge is 2.27. The summed E-state index contributed by atoms with van der Waals surface area (Å²) >= 11 is 5.97. The summed E-state index contributed by atoms with van der Waals surface area (Å²) in [5.74, 6) is 0.457. The lowest BCUT2D eigenvalue weighted by molar-refractivity contribution is 0.0664. The number of carbonyl (C=O) groups excluding carboxylic acids is 1. The van der Waals surface area contributed by atoms with E-state index in [-0.39, 0.29) is 5.91 Å². The van der Waals surface area contributed by atoms with Crippen LogP contribution < -0.4 is 5.32 Å². The molecule has 1 aromatic carbocycles. The molecule has 0 bridgehead atoms. The van der Waals surface area contributed by atoms with Crippen LogP contribution in [0.2, 0.25) is 5.02 Å². The lowest BCUT2D eigenvalue weighted by Gasteiger charge is -2.37. The van der Waals surface area contributed by atoms with E-state index in [4.69, 9.17) is 16.0 Å². The number of halogens is 1. The highest BCUT2D eigenvalue weighted by atomic mass is 35.5. The van der Waals surface area contributed by atoms with E-state index >= 15 is 0 Å². The van der Waals surface area contributed by atoms with Crippen molar-refractivity contribution in [2.75, 3.05) is 26.2 Å². The Balaban J connectivity index is 1.17. The van der Waals surface area contributed by atoms with Crippen LogP contribution in [-0.2, 0) is 6.54 Å². The van der Waals surface area contributed by atoms with Gasteiger partial charge in [-0.1, -0.05) is 23.7 Å². The number of nitrogens with zero attached hydrogens (tertiary/aromatic N) is 2. The maximum absolute atomic E-state index is 12.4. The van der Waals surface area contributed by atoms with E-state index in [1.54, 1.807) is 18.4 Å². The van der Waals surface area contributed by atoms with Crippen LogP contribution in [0.25, 0.3) is 0 Å². The zero-order valence-corrected chi connectivity index (χ0v) is 16.9. The molecule has 1 amide bonds. The molecule has 2 aromatic rings. The predicted octanol–water partition coefficient (Wildman–Crippen LogP) is 3.79. The minimum atomic E-state index is 0.0129. The maximum atomic E-state index is 12.4. The van der Waals surface area contributed by atoms with Crippen LogP contribution in [-0.4, -0.2) is 54.0 Å². The van der Waals surface area contributed by atoms with Crippen molar-refractivity contribution in [3.8, 4) is 0 Å². The Morgan fingerprint density at radius 1 is 1.00 bits per heavy atom. The normalized spacial score (nSPS) is 19.8. The quantitative estimate of drug-likeness (QED) is 0.828. The second-order valence-corrected chi connectivity index (χ2v) is 8.32. The number of hydrogen-bond acceptors (Lipinski definition) is 4. The minimum Gasteiger partial charge on any atom is -0.459 e. The van der Waals surface area contributed by atoms with Crippen molar-refractivity contribution in [2.24, 2.45) is 0 Å². The fourth-order valence-electron chi connectivity index (χ4n) is 4.24. The average Bonchev–Trinajstić information content (AvgIpc) is 3.26. The number of carbonyl (C=O) groups is 1. The fraction of sp³-hybridized carbons (Fsp3) is 0.500. The maximum Gasteiger partial charge on any atom is 0.289 e. The number of rotatable bonds is 5. The number of amides is 1. The monoisotopic (exact) mass is 401 g/mol. The molecule has 3 heterocycles. The third-order valence-electron chi connectivity index (χ3n) is 5.89. The largest absolute Gasteiger partial charge is 0.459 e. The molecule has 0 saturated carbocycles. The fourth-order valence-corrected chi connectivity index (χ4v) is 4.37. The van der Waals surface area contributed by atoms with E-state index in [2.05, 4.69) is 22.3 Å². The second-order valence-electron chi connectivity index (χ2n) is 7.89. The van der Waals surface area contributed by atoms with Gasteiger partial charge < -0.3 is 14.6 Å². The molecule has 2 aliphatic heterocycles. The van der Waals surface area contributed by atoms with Crippen molar-refractivity contribution < 1.29 is 9.21 Å². The van der Waals surface area contributed by atoms with Crippen LogP contribution in [0.4, 0.5) is 0 Å². The molecular weight excluding hydrogens is 374 g/mol. The average molecular weight is 402 g/mol. The molecule has 150 valence electrons. The molecule has 5 nitrogen and oxygen atoms in total. The van der Waals surface area contributed by atoms with Gasteiger partial charge in [0.15, 0.2) is 5.76 Å². The van der Waals surface area contributed by atoms with E-state index in [1.165, 1.54) is 18.4 Å². The van der Waals surface area contributed by atoms with Gasteiger partial charge in [-0.2, -0.15) is 0 Å². The van der Waals surface area contributed by atoms with Crippen LogP contribution in [0.1, 0.15) is 41.8 Å². The summed E-state index contributed by atoms with van der Waals surface area (Å²) in [5.41, 5.74) is 1.32. The van der Waals surface area contributed by atoms with Gasteiger partial charge in [0.25, 0.3) is 5.91 Å². The smallest absolute Gasteiger partial charge is 0.289 e. The number of furan rings is 1. The Morgan fingerprint density at radius 3 is 2.25 bits per heavy atom. The van der Waals surface area contributed by atoms with Crippen molar-refractivity contribution >= 4 is 17.5 Å². The van der Waals surface area contributed by atoms with E-state index in [1.807, 2.05) is 17.0 Å². The van der Waals surface area contributed by atoms with Gasteiger partial charge in [0.05, 0.1) is 6.26 Å². The molecule has 4 rings (SSSR count). The predicted molar refractivity (Wildman–Crippen MR) is 111 cm³/mol. The molecule has 2 fully saturated rings. The van der Waals surface area contributed by atoms with Gasteiger partial charge in [0.2, 0.25) is 0 Å². The van der Waals surface area contributed by atoms with Gasteiger partial charge in [0, 0.05) is 36.7 Å². The summed E-state index contributed by atoms with van der Waals surface area (Å²) in [6.07, 6.45) is 5.94. The van der Waals surface area contributed by atoms with E-state index < -0.39 is 0 Å². The van der Waals surface area contributed by atoms with E-state index in [9.17, 15) is 4.79 Å². The third kappa shape index (κ3) is 4.96. The summed E-state index contributed by atoms with van der Waals surface area (Å²) in [6.45, 7) is 4.84. The Hall–Kier alpha value is -1.82. The molecule has 0 spiro atoms. The van der Waals surface area contributed by atoms with Crippen molar-refractivity contribution in [3.05, 3.63) is 59.0 Å². The van der Waals surface area contributed by atoms with Crippen LogP contribution in [0.15, 0.2) is 47.1 Å².